The van der Waals surface area contributed by atoms with Gasteiger partial charge in [0.25, 0.3) is 0 Å². The molecule has 210 valence electrons. The number of rotatable bonds is 8. The maximum atomic E-state index is 2.58. The van der Waals surface area contributed by atoms with Gasteiger partial charge >= 0.3 is 0 Å². The van der Waals surface area contributed by atoms with Crippen molar-refractivity contribution in [2.75, 3.05) is 4.90 Å². The van der Waals surface area contributed by atoms with Gasteiger partial charge in [-0.3, -0.25) is 0 Å². The molecule has 0 amide bonds. The summed E-state index contributed by atoms with van der Waals surface area (Å²) < 4.78 is 2.58. The molecular weight excluding hydrogens is 508 g/mol. The van der Waals surface area contributed by atoms with Crippen LogP contribution in [0.4, 0.5) is 11.4 Å². The maximum Gasteiger partial charge on any atom is 0.245 e. The number of benzene rings is 5. The standard InChI is InChI=1S/C40H41N2/c1-5-30-23-16-24-31(6-2)38(30)42-28-41(37-27-35(29(3)4)25-26-36(37)32-17-10-7-11-18-32)39(33-19-12-8-13-20-33)40(42)34-21-14-9-15-22-34/h7-29,39-40H,5-6H2,1-4H3/q+1/t39-,40-/m0/s1. The largest absolute Gasteiger partial charge is 0.245 e. The van der Waals surface area contributed by atoms with E-state index in [4.69, 9.17) is 0 Å². The highest BCUT2D eigenvalue weighted by Crippen LogP contribution is 2.48. The fourth-order valence-corrected chi connectivity index (χ4v) is 6.51. The summed E-state index contributed by atoms with van der Waals surface area (Å²) in [5.74, 6) is 0.430. The lowest BCUT2D eigenvalue weighted by molar-refractivity contribution is -0.482. The lowest BCUT2D eigenvalue weighted by atomic mass is 9.90. The van der Waals surface area contributed by atoms with E-state index >= 15 is 0 Å². The molecule has 5 aromatic rings. The van der Waals surface area contributed by atoms with Crippen LogP contribution in [0.3, 0.4) is 0 Å². The number of aryl methyl sites for hydroxylation is 2. The van der Waals surface area contributed by atoms with Crippen LogP contribution in [0.1, 0.15) is 73.5 Å². The SMILES string of the molecule is CCc1cccc(CC)c1[N+]1=CN(c2cc(C(C)C)ccc2-c2ccccc2)[C@@H](c2ccccc2)[C@@H]1c1ccccc1. The molecule has 6 rings (SSSR count). The van der Waals surface area contributed by atoms with Crippen molar-refractivity contribution in [3.8, 4) is 11.1 Å². The van der Waals surface area contributed by atoms with Crippen molar-refractivity contribution in [3.05, 3.63) is 155 Å². The van der Waals surface area contributed by atoms with Crippen molar-refractivity contribution < 1.29 is 4.58 Å². The van der Waals surface area contributed by atoms with Crippen LogP contribution in [0, 0.1) is 0 Å². The van der Waals surface area contributed by atoms with E-state index in [0.29, 0.717) is 5.92 Å². The van der Waals surface area contributed by atoms with Crippen LogP contribution in [-0.4, -0.2) is 10.9 Å². The molecule has 0 saturated heterocycles. The molecule has 1 aliphatic rings. The molecule has 2 heteroatoms. The highest BCUT2D eigenvalue weighted by Gasteiger charge is 2.47. The van der Waals surface area contributed by atoms with Crippen molar-refractivity contribution >= 4 is 17.7 Å². The summed E-state index contributed by atoms with van der Waals surface area (Å²) >= 11 is 0. The summed E-state index contributed by atoms with van der Waals surface area (Å²) in [6, 6.07) is 47.1. The van der Waals surface area contributed by atoms with E-state index in [1.807, 2.05) is 0 Å². The number of para-hydroxylation sites is 1. The van der Waals surface area contributed by atoms with Crippen molar-refractivity contribution in [2.45, 2.75) is 58.5 Å². The molecule has 0 N–H and O–H groups in total. The third-order valence-corrected chi connectivity index (χ3v) is 8.70. The predicted molar refractivity (Wildman–Crippen MR) is 178 cm³/mol. The van der Waals surface area contributed by atoms with Crippen LogP contribution >= 0.6 is 0 Å². The Hall–Kier alpha value is -4.43. The molecular formula is C40H41N2+. The van der Waals surface area contributed by atoms with Crippen molar-refractivity contribution in [3.63, 3.8) is 0 Å². The van der Waals surface area contributed by atoms with Gasteiger partial charge < -0.3 is 0 Å². The van der Waals surface area contributed by atoms with E-state index in [9.17, 15) is 0 Å². The first-order chi connectivity index (χ1) is 20.6. The third kappa shape index (κ3) is 5.18. The van der Waals surface area contributed by atoms with E-state index in [1.165, 1.54) is 50.3 Å². The first kappa shape index (κ1) is 27.7. The fourth-order valence-electron chi connectivity index (χ4n) is 6.51. The molecule has 0 saturated carbocycles. The summed E-state index contributed by atoms with van der Waals surface area (Å²) in [6.07, 6.45) is 4.39. The minimum absolute atomic E-state index is 0.0769. The second-order valence-electron chi connectivity index (χ2n) is 11.6. The van der Waals surface area contributed by atoms with Gasteiger partial charge in [-0.05, 0) is 53.1 Å². The molecule has 0 bridgehead atoms. The van der Waals surface area contributed by atoms with E-state index in [-0.39, 0.29) is 12.1 Å². The van der Waals surface area contributed by atoms with Crippen LogP contribution in [-0.2, 0) is 12.8 Å². The monoisotopic (exact) mass is 549 g/mol. The first-order valence-corrected chi connectivity index (χ1v) is 15.4. The Bertz CT molecular complexity index is 1650. The summed E-state index contributed by atoms with van der Waals surface area (Å²) in [7, 11) is 0. The quantitative estimate of drug-likeness (QED) is 0.175. The number of hydrogen-bond acceptors (Lipinski definition) is 1. The average molecular weight is 550 g/mol. The zero-order chi connectivity index (χ0) is 29.1. The maximum absolute atomic E-state index is 2.58. The van der Waals surface area contributed by atoms with E-state index in [1.54, 1.807) is 0 Å². The molecule has 2 atom stereocenters. The van der Waals surface area contributed by atoms with Crippen LogP contribution in [0.15, 0.2) is 127 Å². The summed E-state index contributed by atoms with van der Waals surface area (Å²) in [5, 5.41) is 0. The highest BCUT2D eigenvalue weighted by atomic mass is 15.3. The van der Waals surface area contributed by atoms with E-state index < -0.39 is 0 Å². The van der Waals surface area contributed by atoms with Gasteiger partial charge in [0.2, 0.25) is 6.34 Å². The summed E-state index contributed by atoms with van der Waals surface area (Å²) in [5.41, 5.74) is 11.8. The topological polar surface area (TPSA) is 6.25 Å². The van der Waals surface area contributed by atoms with Gasteiger partial charge in [0.05, 0.1) is 0 Å². The molecule has 0 unspecified atom stereocenters. The summed E-state index contributed by atoms with van der Waals surface area (Å²) in [6.45, 7) is 9.12. The Kier molecular flexibility index (Phi) is 8.06. The first-order valence-electron chi connectivity index (χ1n) is 15.4. The smallest absolute Gasteiger partial charge is 0.221 e. The van der Waals surface area contributed by atoms with Gasteiger partial charge in [-0.15, -0.1) is 0 Å². The van der Waals surface area contributed by atoms with Gasteiger partial charge in [-0.2, -0.15) is 0 Å². The van der Waals surface area contributed by atoms with Crippen molar-refractivity contribution in [1.82, 2.24) is 0 Å². The highest BCUT2D eigenvalue weighted by molar-refractivity contribution is 5.90. The molecule has 5 aromatic carbocycles. The van der Waals surface area contributed by atoms with Gasteiger partial charge in [0.1, 0.15) is 11.4 Å². The molecule has 1 heterocycles. The van der Waals surface area contributed by atoms with Crippen LogP contribution < -0.4 is 4.90 Å². The second-order valence-corrected chi connectivity index (χ2v) is 11.6. The molecule has 0 spiro atoms. The van der Waals surface area contributed by atoms with Crippen LogP contribution in [0.2, 0.25) is 0 Å². The predicted octanol–water partition coefficient (Wildman–Crippen LogP) is 10.3. The van der Waals surface area contributed by atoms with Gasteiger partial charge in [-0.25, -0.2) is 9.48 Å². The average Bonchev–Trinajstić information content (AvgIpc) is 3.45. The van der Waals surface area contributed by atoms with Crippen LogP contribution in [0.5, 0.6) is 0 Å². The number of nitrogens with zero attached hydrogens (tertiary/aromatic N) is 2. The lowest BCUT2D eigenvalue weighted by Gasteiger charge is -2.26. The minimum Gasteiger partial charge on any atom is -0.221 e. The Morgan fingerprint density at radius 1 is 0.643 bits per heavy atom. The lowest BCUT2D eigenvalue weighted by Crippen LogP contribution is -2.26. The molecule has 1 aliphatic heterocycles. The molecule has 2 nitrogen and oxygen atoms in total. The normalized spacial score (nSPS) is 16.6. The molecule has 42 heavy (non-hydrogen) atoms. The molecule has 0 aromatic heterocycles. The van der Waals surface area contributed by atoms with Crippen molar-refractivity contribution in [1.29, 1.82) is 0 Å². The second kappa shape index (κ2) is 12.2. The zero-order valence-corrected chi connectivity index (χ0v) is 25.2. The zero-order valence-electron chi connectivity index (χ0n) is 25.2. The van der Waals surface area contributed by atoms with Crippen molar-refractivity contribution in [2.24, 2.45) is 0 Å². The van der Waals surface area contributed by atoms with E-state index in [2.05, 4.69) is 171 Å². The molecule has 0 radical (unpaired) electrons. The van der Waals surface area contributed by atoms with E-state index in [0.717, 1.165) is 12.8 Å². The molecule has 0 fully saturated rings. The van der Waals surface area contributed by atoms with Gasteiger partial charge in [0, 0.05) is 16.7 Å². The van der Waals surface area contributed by atoms with Gasteiger partial charge in [0.15, 0.2) is 12.1 Å². The fraction of sp³-hybridized carbons (Fsp3) is 0.225. The molecule has 0 aliphatic carbocycles. The Morgan fingerprint density at radius 2 is 1.21 bits per heavy atom. The Morgan fingerprint density at radius 3 is 1.79 bits per heavy atom. The Labute approximate surface area is 251 Å². The number of anilines is 1. The Balaban J connectivity index is 1.68. The summed E-state index contributed by atoms with van der Waals surface area (Å²) in [4.78, 5) is 2.56. The number of hydrogen-bond donors (Lipinski definition) is 0. The van der Waals surface area contributed by atoms with Crippen LogP contribution in [0.25, 0.3) is 11.1 Å². The minimum atomic E-state index is 0.0769. The van der Waals surface area contributed by atoms with Gasteiger partial charge in [-0.1, -0.05) is 143 Å². The third-order valence-electron chi connectivity index (χ3n) is 8.70.